The summed E-state index contributed by atoms with van der Waals surface area (Å²) in [5.41, 5.74) is 2.42. The van der Waals surface area contributed by atoms with E-state index in [2.05, 4.69) is 16.0 Å². The molecule has 0 aromatic heterocycles. The maximum atomic E-state index is 13.9. The van der Waals surface area contributed by atoms with E-state index in [1.54, 1.807) is 30.5 Å². The lowest BCUT2D eigenvalue weighted by atomic mass is 9.96. The molecule has 2 heterocycles. The molecule has 4 atom stereocenters. The molecule has 2 bridgehead atoms. The van der Waals surface area contributed by atoms with E-state index >= 15 is 0 Å². The van der Waals surface area contributed by atoms with E-state index in [1.165, 1.54) is 6.08 Å². The van der Waals surface area contributed by atoms with E-state index in [9.17, 15) is 14.4 Å². The molecule has 2 aliphatic rings. The third-order valence-corrected chi connectivity index (χ3v) is 6.68. The zero-order valence-corrected chi connectivity index (χ0v) is 22.0. The van der Waals surface area contributed by atoms with Crippen molar-refractivity contribution < 1.29 is 19.1 Å². The van der Waals surface area contributed by atoms with Crippen molar-refractivity contribution in [2.24, 2.45) is 5.92 Å². The van der Waals surface area contributed by atoms with Crippen LogP contribution in [0, 0.1) is 5.92 Å². The van der Waals surface area contributed by atoms with Crippen LogP contribution >= 0.6 is 0 Å². The van der Waals surface area contributed by atoms with Gasteiger partial charge >= 0.3 is 0 Å². The van der Waals surface area contributed by atoms with Crippen LogP contribution < -0.4 is 20.7 Å². The summed E-state index contributed by atoms with van der Waals surface area (Å²) in [5.74, 6) is -0.948. The van der Waals surface area contributed by atoms with Gasteiger partial charge in [-0.3, -0.25) is 14.4 Å². The van der Waals surface area contributed by atoms with E-state index in [0.717, 1.165) is 11.1 Å². The van der Waals surface area contributed by atoms with Gasteiger partial charge in [0, 0.05) is 12.3 Å². The molecule has 0 saturated carbocycles. The summed E-state index contributed by atoms with van der Waals surface area (Å²) in [5, 5.41) is 8.51. The molecule has 3 amide bonds. The Morgan fingerprint density at radius 2 is 1.62 bits per heavy atom. The Morgan fingerprint density at radius 1 is 0.949 bits per heavy atom. The predicted molar refractivity (Wildman–Crippen MR) is 152 cm³/mol. The number of carbonyl (C=O) groups excluding carboxylic acids is 3. The third-order valence-electron chi connectivity index (χ3n) is 6.68. The highest BCUT2D eigenvalue weighted by atomic mass is 16.5. The quantitative estimate of drug-likeness (QED) is 0.410. The van der Waals surface area contributed by atoms with Crippen LogP contribution in [0.5, 0.6) is 5.75 Å². The molecule has 3 aromatic rings. The molecule has 7 nitrogen and oxygen atoms in total. The van der Waals surface area contributed by atoms with Gasteiger partial charge in [-0.25, -0.2) is 0 Å². The third kappa shape index (κ3) is 7.45. The number of nitrogens with one attached hydrogen (secondary N) is 3. The van der Waals surface area contributed by atoms with Gasteiger partial charge in [-0.15, -0.1) is 0 Å². The van der Waals surface area contributed by atoms with Gasteiger partial charge < -0.3 is 20.7 Å². The second kappa shape index (κ2) is 13.2. The average molecular weight is 524 g/mol. The number of benzene rings is 3. The Kier molecular flexibility index (Phi) is 9.29. The van der Waals surface area contributed by atoms with Gasteiger partial charge in [0.25, 0.3) is 0 Å². The lowest BCUT2D eigenvalue weighted by Crippen LogP contribution is -2.57. The van der Waals surface area contributed by atoms with Crippen molar-refractivity contribution >= 4 is 29.9 Å². The van der Waals surface area contributed by atoms with Crippen molar-refractivity contribution in [1.82, 2.24) is 16.0 Å². The highest BCUT2D eigenvalue weighted by molar-refractivity contribution is 5.97. The molecular weight excluding hydrogens is 490 g/mol. The second-order valence-electron chi connectivity index (χ2n) is 9.46. The van der Waals surface area contributed by atoms with Crippen molar-refractivity contribution in [2.45, 2.75) is 38.5 Å². The molecule has 0 radical (unpaired) electrons. The molecule has 5 rings (SSSR count). The standard InChI is InChI=1S/C32H33N3O4/c1-3-22(2)28-31(37)33-21-20-24-14-17-26(18-15-24)39-30(25-12-8-5-9-13-25)29(32(38)35-28)34-27(36)19-16-23-10-6-4-7-11-23/h4-22,28-30H,3H2,1-2H3,(H,33,37)(H,34,36)(H,35,38)/t22-,28-,29+,30+/m0/s1. The highest BCUT2D eigenvalue weighted by Gasteiger charge is 2.36. The minimum atomic E-state index is -1.14. The van der Waals surface area contributed by atoms with Crippen LogP contribution in [0.3, 0.4) is 0 Å². The summed E-state index contributed by atoms with van der Waals surface area (Å²) in [6.07, 6.45) is 6.19. The first-order chi connectivity index (χ1) is 18.9. The Balaban J connectivity index is 1.74. The molecule has 200 valence electrons. The van der Waals surface area contributed by atoms with Gasteiger partial charge in [0.2, 0.25) is 17.7 Å². The van der Waals surface area contributed by atoms with Gasteiger partial charge in [0.05, 0.1) is 0 Å². The Bertz CT molecular complexity index is 1320. The van der Waals surface area contributed by atoms with Crippen LogP contribution in [0.15, 0.2) is 97.2 Å². The zero-order valence-electron chi connectivity index (χ0n) is 22.0. The number of hydrogen-bond acceptors (Lipinski definition) is 4. The van der Waals surface area contributed by atoms with Crippen LogP contribution in [0.1, 0.15) is 43.1 Å². The SMILES string of the molecule is CC[C@H](C)[C@@H]1NC(=O)[C@H](NC(=O)C=Cc2ccccc2)[C@@H](c2ccccc2)Oc2ccc(cc2)C=CNC1=O. The summed E-state index contributed by atoms with van der Waals surface area (Å²) in [7, 11) is 0. The van der Waals surface area contributed by atoms with Crippen molar-refractivity contribution in [1.29, 1.82) is 0 Å². The molecular formula is C32H33N3O4. The van der Waals surface area contributed by atoms with Crippen LogP contribution in [-0.4, -0.2) is 29.8 Å². The van der Waals surface area contributed by atoms with Crippen molar-refractivity contribution in [3.63, 3.8) is 0 Å². The molecule has 0 saturated heterocycles. The fraction of sp³-hybridized carbons (Fsp3) is 0.219. The topological polar surface area (TPSA) is 96.5 Å². The second-order valence-corrected chi connectivity index (χ2v) is 9.46. The Morgan fingerprint density at radius 3 is 2.28 bits per heavy atom. The van der Waals surface area contributed by atoms with Gasteiger partial charge in [-0.2, -0.15) is 0 Å². The van der Waals surface area contributed by atoms with E-state index in [1.807, 2.05) is 86.6 Å². The minimum Gasteiger partial charge on any atom is -0.483 e. The van der Waals surface area contributed by atoms with Crippen LogP contribution in [0.4, 0.5) is 0 Å². The molecule has 3 N–H and O–H groups in total. The van der Waals surface area contributed by atoms with Gasteiger partial charge in [-0.1, -0.05) is 93.1 Å². The first kappa shape index (κ1) is 27.4. The van der Waals surface area contributed by atoms with Crippen LogP contribution in [-0.2, 0) is 14.4 Å². The number of amides is 3. The molecule has 0 aliphatic carbocycles. The van der Waals surface area contributed by atoms with Crippen molar-refractivity contribution in [3.05, 3.63) is 114 Å². The normalized spacial score (nSPS) is 20.4. The Hall–Kier alpha value is -4.65. The summed E-state index contributed by atoms with van der Waals surface area (Å²) in [4.78, 5) is 40.1. The van der Waals surface area contributed by atoms with E-state index in [0.29, 0.717) is 17.7 Å². The van der Waals surface area contributed by atoms with E-state index in [4.69, 9.17) is 4.74 Å². The predicted octanol–water partition coefficient (Wildman–Crippen LogP) is 4.64. The molecule has 39 heavy (non-hydrogen) atoms. The first-order valence-corrected chi connectivity index (χ1v) is 13.1. The van der Waals surface area contributed by atoms with E-state index < -0.39 is 30.0 Å². The summed E-state index contributed by atoms with van der Waals surface area (Å²) in [6, 6.07) is 24.0. The first-order valence-electron chi connectivity index (χ1n) is 13.1. The fourth-order valence-electron chi connectivity index (χ4n) is 4.25. The lowest BCUT2D eigenvalue weighted by molar-refractivity contribution is -0.133. The molecule has 0 spiro atoms. The van der Waals surface area contributed by atoms with Crippen LogP contribution in [0.25, 0.3) is 12.2 Å². The molecule has 2 aliphatic heterocycles. The largest absolute Gasteiger partial charge is 0.483 e. The summed E-state index contributed by atoms with van der Waals surface area (Å²) < 4.78 is 6.37. The van der Waals surface area contributed by atoms with Crippen molar-refractivity contribution in [2.75, 3.05) is 0 Å². The number of rotatable bonds is 6. The average Bonchev–Trinajstić information content (AvgIpc) is 2.97. The van der Waals surface area contributed by atoms with Gasteiger partial charge in [0.1, 0.15) is 17.8 Å². The fourth-order valence-corrected chi connectivity index (χ4v) is 4.25. The number of ether oxygens (including phenoxy) is 1. The number of carbonyl (C=O) groups is 3. The summed E-state index contributed by atoms with van der Waals surface area (Å²) in [6.45, 7) is 3.85. The van der Waals surface area contributed by atoms with E-state index in [-0.39, 0.29) is 11.8 Å². The maximum absolute atomic E-state index is 13.9. The lowest BCUT2D eigenvalue weighted by Gasteiger charge is -2.31. The summed E-state index contributed by atoms with van der Waals surface area (Å²) >= 11 is 0. The smallest absolute Gasteiger partial charge is 0.247 e. The number of hydrogen-bond donors (Lipinski definition) is 3. The molecule has 0 unspecified atom stereocenters. The van der Waals surface area contributed by atoms with Gasteiger partial charge in [-0.05, 0) is 46.9 Å². The molecule has 0 fully saturated rings. The van der Waals surface area contributed by atoms with Crippen molar-refractivity contribution in [3.8, 4) is 5.75 Å². The van der Waals surface area contributed by atoms with Crippen LogP contribution in [0.2, 0.25) is 0 Å². The zero-order chi connectivity index (χ0) is 27.6. The maximum Gasteiger partial charge on any atom is 0.247 e. The Labute approximate surface area is 229 Å². The monoisotopic (exact) mass is 523 g/mol. The molecule has 7 heteroatoms. The highest BCUT2D eigenvalue weighted by Crippen LogP contribution is 2.27. The van der Waals surface area contributed by atoms with Gasteiger partial charge in [0.15, 0.2) is 6.10 Å². The molecule has 3 aromatic carbocycles. The number of fused-ring (bicyclic) bond motifs is 10. The minimum absolute atomic E-state index is 0.154.